The second-order valence-corrected chi connectivity index (χ2v) is 3.23. The molecule has 0 aromatic carbocycles. The van der Waals surface area contributed by atoms with Gasteiger partial charge in [0.2, 0.25) is 5.91 Å². The van der Waals surface area contributed by atoms with Gasteiger partial charge in [-0.2, -0.15) is 0 Å². The Kier molecular flexibility index (Phi) is 2.15. The Morgan fingerprint density at radius 2 is 1.91 bits per heavy atom. The van der Waals surface area contributed by atoms with E-state index in [0.717, 1.165) is 0 Å². The van der Waals surface area contributed by atoms with Crippen molar-refractivity contribution in [2.45, 2.75) is 37.3 Å². The van der Waals surface area contributed by atoms with Crippen LogP contribution in [0.1, 0.15) is 25.7 Å². The highest BCUT2D eigenvalue weighted by molar-refractivity contribution is 5.83. The Hall–Kier alpha value is -0.610. The molecule has 0 aromatic rings. The van der Waals surface area contributed by atoms with Crippen molar-refractivity contribution < 1.29 is 9.90 Å². The highest BCUT2D eigenvalue weighted by atomic mass is 16.3. The van der Waals surface area contributed by atoms with Crippen LogP contribution in [-0.4, -0.2) is 22.7 Å². The van der Waals surface area contributed by atoms with Crippen LogP contribution in [0.25, 0.3) is 0 Å². The number of aliphatic hydroxyl groups is 1. The highest BCUT2D eigenvalue weighted by Gasteiger charge is 2.37. The van der Waals surface area contributed by atoms with Crippen LogP contribution < -0.4 is 11.5 Å². The molecule has 0 saturated heterocycles. The number of amides is 1. The summed E-state index contributed by atoms with van der Waals surface area (Å²) in [4.78, 5) is 10.7. The van der Waals surface area contributed by atoms with Gasteiger partial charge in [-0.25, -0.2) is 0 Å². The zero-order valence-electron chi connectivity index (χ0n) is 6.42. The lowest BCUT2D eigenvalue weighted by molar-refractivity contribution is -0.139. The summed E-state index contributed by atoms with van der Waals surface area (Å²) in [5, 5.41) is 9.54. The van der Waals surface area contributed by atoms with E-state index in [9.17, 15) is 9.90 Å². The van der Waals surface area contributed by atoms with Gasteiger partial charge in [0.1, 0.15) is 5.60 Å². The van der Waals surface area contributed by atoms with Gasteiger partial charge in [-0.15, -0.1) is 0 Å². The lowest BCUT2D eigenvalue weighted by Crippen LogP contribution is -2.48. The molecule has 1 amide bonds. The number of carbonyl (C=O) groups is 1. The van der Waals surface area contributed by atoms with E-state index in [2.05, 4.69) is 0 Å². The van der Waals surface area contributed by atoms with Crippen molar-refractivity contribution in [3.63, 3.8) is 0 Å². The second kappa shape index (κ2) is 2.79. The first-order valence-corrected chi connectivity index (χ1v) is 3.82. The van der Waals surface area contributed by atoms with Crippen LogP contribution in [0.4, 0.5) is 0 Å². The molecule has 0 radical (unpaired) electrons. The van der Waals surface area contributed by atoms with E-state index in [4.69, 9.17) is 11.5 Å². The number of primary amides is 1. The van der Waals surface area contributed by atoms with Crippen molar-refractivity contribution in [1.82, 2.24) is 0 Å². The summed E-state index contributed by atoms with van der Waals surface area (Å²) in [5.74, 6) is -0.621. The molecule has 0 spiro atoms. The molecule has 1 saturated carbocycles. The summed E-state index contributed by atoms with van der Waals surface area (Å²) in [6, 6.07) is 0.120. The maximum absolute atomic E-state index is 10.7. The maximum atomic E-state index is 10.7. The number of hydrogen-bond acceptors (Lipinski definition) is 3. The molecule has 1 aliphatic rings. The van der Waals surface area contributed by atoms with Crippen molar-refractivity contribution >= 4 is 5.91 Å². The maximum Gasteiger partial charge on any atom is 0.249 e. The van der Waals surface area contributed by atoms with E-state index in [1.807, 2.05) is 0 Å². The number of nitrogens with two attached hydrogens (primary N) is 2. The van der Waals surface area contributed by atoms with Crippen molar-refractivity contribution in [2.75, 3.05) is 0 Å². The molecule has 1 fully saturated rings. The largest absolute Gasteiger partial charge is 0.380 e. The molecule has 0 aliphatic heterocycles. The molecule has 11 heavy (non-hydrogen) atoms. The molecule has 4 heteroatoms. The first-order chi connectivity index (χ1) is 5.04. The zero-order chi connectivity index (χ0) is 8.48. The first kappa shape index (κ1) is 8.49. The Balaban J connectivity index is 2.55. The Morgan fingerprint density at radius 1 is 1.45 bits per heavy atom. The minimum Gasteiger partial charge on any atom is -0.380 e. The van der Waals surface area contributed by atoms with E-state index in [-0.39, 0.29) is 6.04 Å². The minimum absolute atomic E-state index is 0.120. The third kappa shape index (κ3) is 1.70. The number of carbonyl (C=O) groups excluding carboxylic acids is 1. The van der Waals surface area contributed by atoms with Crippen molar-refractivity contribution in [2.24, 2.45) is 11.5 Å². The molecular formula is C7H14N2O2. The van der Waals surface area contributed by atoms with Crippen LogP contribution in [0.15, 0.2) is 0 Å². The fourth-order valence-electron chi connectivity index (χ4n) is 1.36. The lowest BCUT2D eigenvalue weighted by atomic mass is 9.82. The standard InChI is InChI=1S/C7H14N2O2/c8-5-1-3-7(11,4-2-5)6(9)10/h5,11H,1-4,8H2,(H2,9,10). The molecule has 0 aromatic heterocycles. The SMILES string of the molecule is NC(=O)C1(O)CCC(N)CC1. The van der Waals surface area contributed by atoms with Gasteiger partial charge < -0.3 is 16.6 Å². The van der Waals surface area contributed by atoms with Gasteiger partial charge in [-0.1, -0.05) is 0 Å². The van der Waals surface area contributed by atoms with Crippen molar-refractivity contribution in [3.8, 4) is 0 Å². The molecule has 5 N–H and O–H groups in total. The summed E-state index contributed by atoms with van der Waals surface area (Å²) in [5.41, 5.74) is 9.33. The van der Waals surface area contributed by atoms with Gasteiger partial charge >= 0.3 is 0 Å². The van der Waals surface area contributed by atoms with Gasteiger partial charge in [-0.05, 0) is 25.7 Å². The van der Waals surface area contributed by atoms with Crippen LogP contribution in [-0.2, 0) is 4.79 Å². The fourth-order valence-corrected chi connectivity index (χ4v) is 1.36. The van der Waals surface area contributed by atoms with E-state index >= 15 is 0 Å². The average Bonchev–Trinajstić information content (AvgIpc) is 1.95. The summed E-state index contributed by atoms with van der Waals surface area (Å²) in [6.07, 6.45) is 2.17. The molecule has 0 atom stereocenters. The van der Waals surface area contributed by atoms with Crippen LogP contribution in [0, 0.1) is 0 Å². The summed E-state index contributed by atoms with van der Waals surface area (Å²) < 4.78 is 0. The van der Waals surface area contributed by atoms with E-state index in [1.54, 1.807) is 0 Å². The van der Waals surface area contributed by atoms with Crippen molar-refractivity contribution in [3.05, 3.63) is 0 Å². The summed E-state index contributed by atoms with van der Waals surface area (Å²) in [7, 11) is 0. The molecule has 64 valence electrons. The van der Waals surface area contributed by atoms with Crippen LogP contribution in [0.2, 0.25) is 0 Å². The molecule has 0 unspecified atom stereocenters. The second-order valence-electron chi connectivity index (χ2n) is 3.23. The smallest absolute Gasteiger partial charge is 0.249 e. The highest BCUT2D eigenvalue weighted by Crippen LogP contribution is 2.26. The monoisotopic (exact) mass is 158 g/mol. The molecule has 1 rings (SSSR count). The van der Waals surface area contributed by atoms with Gasteiger partial charge in [-0.3, -0.25) is 4.79 Å². The molecular weight excluding hydrogens is 144 g/mol. The van der Waals surface area contributed by atoms with Crippen molar-refractivity contribution in [1.29, 1.82) is 0 Å². The average molecular weight is 158 g/mol. The lowest BCUT2D eigenvalue weighted by Gasteiger charge is -2.31. The summed E-state index contributed by atoms with van der Waals surface area (Å²) >= 11 is 0. The van der Waals surface area contributed by atoms with E-state index in [0.29, 0.717) is 25.7 Å². The third-order valence-corrected chi connectivity index (χ3v) is 2.32. The van der Waals surface area contributed by atoms with Crippen LogP contribution in [0.3, 0.4) is 0 Å². The predicted octanol–water partition coefficient (Wildman–Crippen LogP) is -0.896. The normalized spacial score (nSPS) is 38.5. The molecule has 4 nitrogen and oxygen atoms in total. The van der Waals surface area contributed by atoms with Crippen LogP contribution in [0.5, 0.6) is 0 Å². The Bertz CT molecular complexity index is 162. The number of rotatable bonds is 1. The Labute approximate surface area is 65.6 Å². The molecule has 1 aliphatic carbocycles. The van der Waals surface area contributed by atoms with Gasteiger partial charge in [0.25, 0.3) is 0 Å². The number of hydrogen-bond donors (Lipinski definition) is 3. The summed E-state index contributed by atoms with van der Waals surface area (Å²) in [6.45, 7) is 0. The third-order valence-electron chi connectivity index (χ3n) is 2.32. The topological polar surface area (TPSA) is 89.3 Å². The van der Waals surface area contributed by atoms with Crippen LogP contribution >= 0.6 is 0 Å². The van der Waals surface area contributed by atoms with Gasteiger partial charge in [0.05, 0.1) is 0 Å². The van der Waals surface area contributed by atoms with E-state index in [1.165, 1.54) is 0 Å². The first-order valence-electron chi connectivity index (χ1n) is 3.82. The van der Waals surface area contributed by atoms with E-state index < -0.39 is 11.5 Å². The zero-order valence-corrected chi connectivity index (χ0v) is 6.42. The van der Waals surface area contributed by atoms with Gasteiger partial charge in [0, 0.05) is 6.04 Å². The van der Waals surface area contributed by atoms with Gasteiger partial charge in [0.15, 0.2) is 0 Å². The molecule has 0 heterocycles. The molecule has 0 bridgehead atoms. The fraction of sp³-hybridized carbons (Fsp3) is 0.857. The minimum atomic E-state index is -1.28. The Morgan fingerprint density at radius 3 is 2.27 bits per heavy atom. The quantitative estimate of drug-likeness (QED) is 0.462. The predicted molar refractivity (Wildman–Crippen MR) is 40.6 cm³/mol.